The Bertz CT molecular complexity index is 1840. The number of aromatic nitrogens is 4. The summed E-state index contributed by atoms with van der Waals surface area (Å²) in [5.74, 6) is 0.767. The van der Waals surface area contributed by atoms with Crippen LogP contribution in [-0.4, -0.2) is 76.3 Å². The molecule has 1 atom stereocenters. The molecule has 1 aliphatic rings. The number of aromatic amines is 1. The number of anilines is 1. The summed E-state index contributed by atoms with van der Waals surface area (Å²) < 4.78 is 28.7. The van der Waals surface area contributed by atoms with Crippen LogP contribution in [0.5, 0.6) is 0 Å². The van der Waals surface area contributed by atoms with Crippen molar-refractivity contribution in [2.24, 2.45) is 0 Å². The van der Waals surface area contributed by atoms with Crippen molar-refractivity contribution in [3.8, 4) is 11.1 Å². The molecule has 0 bridgehead atoms. The van der Waals surface area contributed by atoms with Gasteiger partial charge in [-0.3, -0.25) is 14.7 Å². The van der Waals surface area contributed by atoms with Gasteiger partial charge in [-0.15, -0.1) is 0 Å². The molecule has 2 aromatic carbocycles. The summed E-state index contributed by atoms with van der Waals surface area (Å²) in [6.07, 6.45) is 3.44. The van der Waals surface area contributed by atoms with Crippen molar-refractivity contribution in [3.05, 3.63) is 76.4 Å². The molecule has 40 heavy (non-hydrogen) atoms. The standard InChI is InChI=1S/C28H29N7O3S2/c1-18-6-7-20(15-29-18)22-4-3-5-23-26(22)30-17-31-27(23)32-19(2)16-34-10-12-35(13-11-34)40(37,38)21-8-9-24-25(14-21)39-28(36)33-24/h3-9,14-15,17,19H,10-13,16H2,1-2H3,(H,33,36)(H,30,31,32)/t19-/m0/s1. The van der Waals surface area contributed by atoms with E-state index in [1.165, 1.54) is 4.31 Å². The number of para-hydroxylation sites is 1. The molecule has 3 aromatic heterocycles. The number of piperazine rings is 1. The van der Waals surface area contributed by atoms with Gasteiger partial charge in [-0.25, -0.2) is 18.4 Å². The summed E-state index contributed by atoms with van der Waals surface area (Å²) in [6.45, 7) is 6.86. The number of nitrogens with one attached hydrogen (secondary N) is 2. The molecule has 12 heteroatoms. The minimum atomic E-state index is -3.64. The van der Waals surface area contributed by atoms with Crippen LogP contribution in [0.15, 0.2) is 70.7 Å². The van der Waals surface area contributed by atoms with Crippen LogP contribution >= 0.6 is 11.3 Å². The minimum Gasteiger partial charge on any atom is -0.366 e. The predicted octanol–water partition coefficient (Wildman–Crippen LogP) is 3.71. The largest absolute Gasteiger partial charge is 0.366 e. The van der Waals surface area contributed by atoms with Crippen LogP contribution in [0, 0.1) is 6.92 Å². The number of fused-ring (bicyclic) bond motifs is 2. The Kier molecular flexibility index (Phi) is 7.09. The molecule has 1 saturated heterocycles. The second-order valence-corrected chi connectivity index (χ2v) is 13.0. The Balaban J connectivity index is 1.11. The zero-order valence-corrected chi connectivity index (χ0v) is 23.8. The molecule has 1 aliphatic heterocycles. The SMILES string of the molecule is Cc1ccc(-c2cccc3c(N[C@@H](C)CN4CCN(S(=O)(=O)c5ccc6[nH]c(=O)sc6c5)CC4)ncnc23)cn1. The molecule has 2 N–H and O–H groups in total. The Morgan fingerprint density at radius 1 is 1.05 bits per heavy atom. The van der Waals surface area contributed by atoms with Crippen molar-refractivity contribution in [1.82, 2.24) is 29.1 Å². The van der Waals surface area contributed by atoms with E-state index in [0.717, 1.165) is 51.4 Å². The molecular formula is C28H29N7O3S2. The van der Waals surface area contributed by atoms with Gasteiger partial charge in [0.1, 0.15) is 12.1 Å². The molecule has 0 amide bonds. The summed E-state index contributed by atoms with van der Waals surface area (Å²) in [5.41, 5.74) is 4.49. The van der Waals surface area contributed by atoms with Crippen LogP contribution in [-0.2, 0) is 10.0 Å². The molecule has 1 fully saturated rings. The zero-order valence-electron chi connectivity index (χ0n) is 22.2. The van der Waals surface area contributed by atoms with Crippen molar-refractivity contribution < 1.29 is 8.42 Å². The smallest absolute Gasteiger partial charge is 0.305 e. The lowest BCUT2D eigenvalue weighted by Crippen LogP contribution is -2.50. The van der Waals surface area contributed by atoms with Crippen molar-refractivity contribution in [3.63, 3.8) is 0 Å². The Labute approximate surface area is 235 Å². The molecule has 5 aromatic rings. The highest BCUT2D eigenvalue weighted by Crippen LogP contribution is 2.30. The second-order valence-electron chi connectivity index (χ2n) is 10.0. The number of rotatable bonds is 7. The van der Waals surface area contributed by atoms with Gasteiger partial charge in [0, 0.05) is 67.2 Å². The van der Waals surface area contributed by atoms with Crippen LogP contribution in [0.25, 0.3) is 32.2 Å². The fourth-order valence-corrected chi connectivity index (χ4v) is 7.42. The summed E-state index contributed by atoms with van der Waals surface area (Å²) >= 11 is 1.02. The monoisotopic (exact) mass is 575 g/mol. The maximum Gasteiger partial charge on any atom is 0.305 e. The van der Waals surface area contributed by atoms with Crippen molar-refractivity contribution in [1.29, 1.82) is 0 Å². The van der Waals surface area contributed by atoms with E-state index in [9.17, 15) is 13.2 Å². The number of nitrogens with zero attached hydrogens (tertiary/aromatic N) is 5. The molecule has 6 rings (SSSR count). The van der Waals surface area contributed by atoms with Crippen molar-refractivity contribution >= 4 is 48.3 Å². The third kappa shape index (κ3) is 5.22. The van der Waals surface area contributed by atoms with Crippen LogP contribution < -0.4 is 10.2 Å². The number of hydrogen-bond acceptors (Lipinski definition) is 9. The first-order valence-corrected chi connectivity index (χ1v) is 15.3. The first kappa shape index (κ1) is 26.5. The van der Waals surface area contributed by atoms with Gasteiger partial charge < -0.3 is 10.3 Å². The Morgan fingerprint density at radius 3 is 2.65 bits per heavy atom. The molecule has 206 valence electrons. The van der Waals surface area contributed by atoms with Crippen LogP contribution in [0.4, 0.5) is 5.82 Å². The summed E-state index contributed by atoms with van der Waals surface area (Å²) in [7, 11) is -3.64. The maximum atomic E-state index is 13.3. The zero-order chi connectivity index (χ0) is 27.9. The predicted molar refractivity (Wildman–Crippen MR) is 158 cm³/mol. The van der Waals surface area contributed by atoms with E-state index >= 15 is 0 Å². The first-order chi connectivity index (χ1) is 19.3. The molecule has 0 saturated carbocycles. The first-order valence-electron chi connectivity index (χ1n) is 13.1. The van der Waals surface area contributed by atoms with E-state index in [-0.39, 0.29) is 15.8 Å². The van der Waals surface area contributed by atoms with Gasteiger partial charge in [-0.05, 0) is 44.2 Å². The molecule has 0 aliphatic carbocycles. The molecular weight excluding hydrogens is 546 g/mol. The lowest BCUT2D eigenvalue weighted by Gasteiger charge is -2.35. The highest BCUT2D eigenvalue weighted by Gasteiger charge is 2.29. The number of H-pyrrole nitrogens is 1. The van der Waals surface area contributed by atoms with Crippen molar-refractivity contribution in [2.45, 2.75) is 24.8 Å². The number of thiazole rings is 1. The summed E-state index contributed by atoms with van der Waals surface area (Å²) in [5, 5.41) is 4.48. The quantitative estimate of drug-likeness (QED) is 0.301. The van der Waals surface area contributed by atoms with Crippen LogP contribution in [0.3, 0.4) is 0 Å². The van der Waals surface area contributed by atoms with Gasteiger partial charge in [-0.2, -0.15) is 4.31 Å². The third-order valence-electron chi connectivity index (χ3n) is 7.16. The Hall–Kier alpha value is -3.71. The average molecular weight is 576 g/mol. The summed E-state index contributed by atoms with van der Waals surface area (Å²) in [4.78, 5) is 30.1. The van der Waals surface area contributed by atoms with Gasteiger partial charge in [0.25, 0.3) is 0 Å². The highest BCUT2D eigenvalue weighted by molar-refractivity contribution is 7.89. The van der Waals surface area contributed by atoms with Crippen molar-refractivity contribution in [2.75, 3.05) is 38.0 Å². The van der Waals surface area contributed by atoms with E-state index in [1.54, 1.807) is 24.5 Å². The lowest BCUT2D eigenvalue weighted by molar-refractivity contribution is 0.184. The number of hydrogen-bond donors (Lipinski definition) is 2. The molecule has 0 radical (unpaired) electrons. The Morgan fingerprint density at radius 2 is 1.88 bits per heavy atom. The van der Waals surface area contributed by atoms with Crippen LogP contribution in [0.1, 0.15) is 12.6 Å². The van der Waals surface area contributed by atoms with Gasteiger partial charge in [0.15, 0.2) is 0 Å². The topological polar surface area (TPSA) is 124 Å². The van der Waals surface area contributed by atoms with Gasteiger partial charge in [0.2, 0.25) is 10.0 Å². The molecule has 0 unspecified atom stereocenters. The van der Waals surface area contributed by atoms with E-state index in [0.29, 0.717) is 36.4 Å². The van der Waals surface area contributed by atoms with E-state index in [2.05, 4.69) is 43.1 Å². The fraction of sp³-hybridized carbons (Fsp3) is 0.286. The van der Waals surface area contributed by atoms with Gasteiger partial charge >= 0.3 is 4.87 Å². The number of sulfonamides is 1. The molecule has 0 spiro atoms. The highest BCUT2D eigenvalue weighted by atomic mass is 32.2. The molecule has 10 nitrogen and oxygen atoms in total. The van der Waals surface area contributed by atoms with E-state index < -0.39 is 10.0 Å². The maximum absolute atomic E-state index is 13.3. The number of aryl methyl sites for hydroxylation is 1. The van der Waals surface area contributed by atoms with Gasteiger partial charge in [-0.1, -0.05) is 29.5 Å². The van der Waals surface area contributed by atoms with E-state index in [4.69, 9.17) is 0 Å². The number of pyridine rings is 1. The number of benzene rings is 2. The van der Waals surface area contributed by atoms with Crippen LogP contribution in [0.2, 0.25) is 0 Å². The average Bonchev–Trinajstić information content (AvgIpc) is 3.33. The molecule has 4 heterocycles. The summed E-state index contributed by atoms with van der Waals surface area (Å²) in [6, 6.07) is 15.0. The normalized spacial score (nSPS) is 15.9. The van der Waals surface area contributed by atoms with E-state index in [1.807, 2.05) is 37.4 Å². The van der Waals surface area contributed by atoms with Gasteiger partial charge in [0.05, 0.1) is 20.6 Å². The second kappa shape index (κ2) is 10.7. The lowest BCUT2D eigenvalue weighted by atomic mass is 10.0. The fourth-order valence-electron chi connectivity index (χ4n) is 5.12. The third-order valence-corrected chi connectivity index (χ3v) is 9.90. The minimum absolute atomic E-state index is 0.0738.